The lowest BCUT2D eigenvalue weighted by Gasteiger charge is -2.39. The van der Waals surface area contributed by atoms with Crippen LogP contribution < -0.4 is 0 Å². The molecule has 0 bridgehead atoms. The fourth-order valence-corrected chi connectivity index (χ4v) is 4.77. The number of nitrogens with zero attached hydrogens (tertiary/aromatic N) is 5. The standard InChI is InChI=1S/C23H35N5O/c1-3-4-11-26-13-15-28(16-14-26)23(29)19-8-7-12-27(17-19)18-22-24-20-9-5-6-10-21(20)25(22)2/h5-6,9-10,19H,3-4,7-8,11-18H2,1-2H3/t19-/m0/s1. The molecule has 0 radical (unpaired) electrons. The van der Waals surface area contributed by atoms with Gasteiger partial charge in [0.2, 0.25) is 5.91 Å². The van der Waals surface area contributed by atoms with Crippen molar-refractivity contribution in [3.8, 4) is 0 Å². The quantitative estimate of drug-likeness (QED) is 0.752. The highest BCUT2D eigenvalue weighted by Crippen LogP contribution is 2.22. The molecule has 6 nitrogen and oxygen atoms in total. The first-order valence-corrected chi connectivity index (χ1v) is 11.3. The van der Waals surface area contributed by atoms with Crippen molar-refractivity contribution in [3.05, 3.63) is 30.1 Å². The normalized spacial score (nSPS) is 21.7. The molecule has 6 heteroatoms. The van der Waals surface area contributed by atoms with E-state index in [0.29, 0.717) is 5.91 Å². The first-order chi connectivity index (χ1) is 14.2. The highest BCUT2D eigenvalue weighted by atomic mass is 16.2. The Morgan fingerprint density at radius 1 is 1.10 bits per heavy atom. The number of likely N-dealkylation sites (tertiary alicyclic amines) is 1. The van der Waals surface area contributed by atoms with E-state index in [1.54, 1.807) is 0 Å². The summed E-state index contributed by atoms with van der Waals surface area (Å²) in [5, 5.41) is 0. The van der Waals surface area contributed by atoms with E-state index in [4.69, 9.17) is 4.98 Å². The Bertz CT molecular complexity index is 824. The summed E-state index contributed by atoms with van der Waals surface area (Å²) in [6.07, 6.45) is 4.61. The molecule has 2 aliphatic rings. The van der Waals surface area contributed by atoms with Gasteiger partial charge in [0.05, 0.1) is 23.5 Å². The zero-order valence-electron chi connectivity index (χ0n) is 18.0. The predicted octanol–water partition coefficient (Wildman–Crippen LogP) is 2.73. The third-order valence-corrected chi connectivity index (χ3v) is 6.61. The van der Waals surface area contributed by atoms with E-state index in [0.717, 1.165) is 70.0 Å². The minimum atomic E-state index is 0.139. The summed E-state index contributed by atoms with van der Waals surface area (Å²) in [7, 11) is 2.09. The number of piperazine rings is 1. The SMILES string of the molecule is CCCCN1CCN(C(=O)[C@H]2CCCN(Cc3nc4ccccc4n3C)C2)CC1. The van der Waals surface area contributed by atoms with Crippen LogP contribution in [0, 0.1) is 5.92 Å². The molecule has 0 saturated carbocycles. The summed E-state index contributed by atoms with van der Waals surface area (Å²) in [4.78, 5) is 25.0. The van der Waals surface area contributed by atoms with Gasteiger partial charge < -0.3 is 9.47 Å². The van der Waals surface area contributed by atoms with Gasteiger partial charge in [-0.2, -0.15) is 0 Å². The molecule has 1 aromatic carbocycles. The molecule has 2 aromatic rings. The number of hydrogen-bond donors (Lipinski definition) is 0. The fraction of sp³-hybridized carbons (Fsp3) is 0.652. The van der Waals surface area contributed by atoms with Gasteiger partial charge in [0.15, 0.2) is 0 Å². The Morgan fingerprint density at radius 2 is 1.90 bits per heavy atom. The van der Waals surface area contributed by atoms with E-state index in [1.807, 2.05) is 6.07 Å². The van der Waals surface area contributed by atoms with Gasteiger partial charge in [-0.3, -0.25) is 14.6 Å². The van der Waals surface area contributed by atoms with Crippen LogP contribution in [0.1, 0.15) is 38.4 Å². The molecule has 1 aromatic heterocycles. The fourth-order valence-electron chi connectivity index (χ4n) is 4.77. The molecule has 1 atom stereocenters. The lowest BCUT2D eigenvalue weighted by Crippen LogP contribution is -2.52. The van der Waals surface area contributed by atoms with Crippen molar-refractivity contribution < 1.29 is 4.79 Å². The summed E-state index contributed by atoms with van der Waals surface area (Å²) in [6.45, 7) is 9.99. The molecule has 0 N–H and O–H groups in total. The Kier molecular flexibility index (Phi) is 6.50. The second-order valence-corrected chi connectivity index (χ2v) is 8.67. The van der Waals surface area contributed by atoms with Crippen LogP contribution in [-0.4, -0.2) is 76.0 Å². The summed E-state index contributed by atoms with van der Waals surface area (Å²) in [5.41, 5.74) is 2.23. The third kappa shape index (κ3) is 4.64. The van der Waals surface area contributed by atoms with Crippen LogP contribution in [-0.2, 0) is 18.4 Å². The van der Waals surface area contributed by atoms with Crippen molar-refractivity contribution in [1.29, 1.82) is 0 Å². The number of aromatic nitrogens is 2. The highest BCUT2D eigenvalue weighted by Gasteiger charge is 2.31. The number of carbonyl (C=O) groups is 1. The molecule has 2 aliphatic heterocycles. The summed E-state index contributed by atoms with van der Waals surface area (Å²) >= 11 is 0. The van der Waals surface area contributed by atoms with E-state index < -0.39 is 0 Å². The molecule has 3 heterocycles. The van der Waals surface area contributed by atoms with Crippen LogP contribution in [0.2, 0.25) is 0 Å². The number of hydrogen-bond acceptors (Lipinski definition) is 4. The number of rotatable bonds is 6. The molecule has 158 valence electrons. The number of imidazole rings is 1. The van der Waals surface area contributed by atoms with Crippen LogP contribution in [0.25, 0.3) is 11.0 Å². The smallest absolute Gasteiger partial charge is 0.227 e. The molecule has 0 unspecified atom stereocenters. The van der Waals surface area contributed by atoms with E-state index in [1.165, 1.54) is 24.9 Å². The summed E-state index contributed by atoms with van der Waals surface area (Å²) in [5.74, 6) is 1.60. The minimum absolute atomic E-state index is 0.139. The molecule has 1 amide bonds. The number of aryl methyl sites for hydroxylation is 1. The average Bonchev–Trinajstić information content (AvgIpc) is 3.08. The number of benzene rings is 1. The number of piperidine rings is 1. The molecule has 0 spiro atoms. The molecule has 2 saturated heterocycles. The lowest BCUT2D eigenvalue weighted by atomic mass is 9.96. The molecule has 4 rings (SSSR count). The zero-order valence-corrected chi connectivity index (χ0v) is 18.0. The van der Waals surface area contributed by atoms with E-state index >= 15 is 0 Å². The Morgan fingerprint density at radius 3 is 2.66 bits per heavy atom. The predicted molar refractivity (Wildman–Crippen MR) is 117 cm³/mol. The maximum Gasteiger partial charge on any atom is 0.227 e. The maximum atomic E-state index is 13.1. The molecule has 29 heavy (non-hydrogen) atoms. The number of para-hydroxylation sites is 2. The minimum Gasteiger partial charge on any atom is -0.340 e. The second kappa shape index (κ2) is 9.26. The van der Waals surface area contributed by atoms with Gasteiger partial charge in [-0.15, -0.1) is 0 Å². The van der Waals surface area contributed by atoms with Crippen molar-refractivity contribution in [2.75, 3.05) is 45.8 Å². The van der Waals surface area contributed by atoms with Crippen molar-refractivity contribution >= 4 is 16.9 Å². The molecular formula is C23H35N5O. The number of amides is 1. The Balaban J connectivity index is 1.33. The lowest BCUT2D eigenvalue weighted by molar-refractivity contribution is -0.139. The van der Waals surface area contributed by atoms with Gasteiger partial charge in [0.1, 0.15) is 5.82 Å². The zero-order chi connectivity index (χ0) is 20.2. The van der Waals surface area contributed by atoms with E-state index in [-0.39, 0.29) is 5.92 Å². The average molecular weight is 398 g/mol. The van der Waals surface area contributed by atoms with Crippen molar-refractivity contribution in [3.63, 3.8) is 0 Å². The highest BCUT2D eigenvalue weighted by molar-refractivity contribution is 5.79. The number of fused-ring (bicyclic) bond motifs is 1. The molecular weight excluding hydrogens is 362 g/mol. The van der Waals surface area contributed by atoms with E-state index in [2.05, 4.69) is 51.4 Å². The third-order valence-electron chi connectivity index (χ3n) is 6.61. The van der Waals surface area contributed by atoms with Crippen molar-refractivity contribution in [2.45, 2.75) is 39.2 Å². The van der Waals surface area contributed by atoms with Crippen LogP contribution in [0.4, 0.5) is 0 Å². The van der Waals surface area contributed by atoms with Gasteiger partial charge in [-0.05, 0) is 44.5 Å². The number of carbonyl (C=O) groups excluding carboxylic acids is 1. The summed E-state index contributed by atoms with van der Waals surface area (Å²) in [6, 6.07) is 8.29. The monoisotopic (exact) mass is 397 g/mol. The summed E-state index contributed by atoms with van der Waals surface area (Å²) < 4.78 is 2.19. The first kappa shape index (κ1) is 20.4. The Labute approximate surface area is 174 Å². The topological polar surface area (TPSA) is 44.6 Å². The second-order valence-electron chi connectivity index (χ2n) is 8.67. The van der Waals surface area contributed by atoms with Crippen molar-refractivity contribution in [2.24, 2.45) is 13.0 Å². The van der Waals surface area contributed by atoms with E-state index in [9.17, 15) is 4.79 Å². The van der Waals surface area contributed by atoms with Gasteiger partial charge >= 0.3 is 0 Å². The Hall–Kier alpha value is -1.92. The van der Waals surface area contributed by atoms with Crippen LogP contribution in [0.5, 0.6) is 0 Å². The van der Waals surface area contributed by atoms with Gasteiger partial charge in [0, 0.05) is 39.8 Å². The number of unbranched alkanes of at least 4 members (excludes halogenated alkanes) is 1. The van der Waals surface area contributed by atoms with Crippen LogP contribution >= 0.6 is 0 Å². The largest absolute Gasteiger partial charge is 0.340 e. The molecule has 0 aliphatic carbocycles. The van der Waals surface area contributed by atoms with Crippen LogP contribution in [0.3, 0.4) is 0 Å². The van der Waals surface area contributed by atoms with Gasteiger partial charge in [-0.1, -0.05) is 25.5 Å². The maximum absolute atomic E-state index is 13.1. The van der Waals surface area contributed by atoms with Gasteiger partial charge in [0.25, 0.3) is 0 Å². The first-order valence-electron chi connectivity index (χ1n) is 11.3. The van der Waals surface area contributed by atoms with Crippen molar-refractivity contribution in [1.82, 2.24) is 24.3 Å². The van der Waals surface area contributed by atoms with Gasteiger partial charge in [-0.25, -0.2) is 4.98 Å². The van der Waals surface area contributed by atoms with Crippen LogP contribution in [0.15, 0.2) is 24.3 Å². The molecule has 2 fully saturated rings.